The number of anilines is 1. The van der Waals surface area contributed by atoms with Gasteiger partial charge in [-0.15, -0.1) is 0 Å². The average molecular weight is 401 g/mol. The molecule has 0 aromatic heterocycles. The molecule has 0 saturated heterocycles. The quantitative estimate of drug-likeness (QED) is 0.805. The van der Waals surface area contributed by atoms with E-state index < -0.39 is 9.84 Å². The number of benzene rings is 2. The summed E-state index contributed by atoms with van der Waals surface area (Å²) in [7, 11) is -3.39. The van der Waals surface area contributed by atoms with Gasteiger partial charge in [-0.1, -0.05) is 24.3 Å². The number of hydrogen-bond donors (Lipinski definition) is 1. The van der Waals surface area contributed by atoms with Crippen LogP contribution in [0.4, 0.5) is 5.69 Å². The monoisotopic (exact) mass is 401 g/mol. The standard InChI is InChI=1S/C14H12INO3S/c1-20(18,19)13-9-5-4-8-12(13)16-14(17)10-6-2-3-7-11(10)15/h2-9H,1H3,(H,16,17). The predicted octanol–water partition coefficient (Wildman–Crippen LogP) is 2.95. The van der Waals surface area contributed by atoms with Crippen LogP contribution in [0, 0.1) is 3.57 Å². The van der Waals surface area contributed by atoms with Crippen LogP contribution in [-0.2, 0) is 9.84 Å². The van der Waals surface area contributed by atoms with E-state index in [2.05, 4.69) is 27.9 Å². The Morgan fingerprint density at radius 1 is 1.05 bits per heavy atom. The molecular weight excluding hydrogens is 389 g/mol. The Hall–Kier alpha value is -1.41. The molecule has 0 aliphatic heterocycles. The first-order valence-electron chi connectivity index (χ1n) is 5.74. The van der Waals surface area contributed by atoms with E-state index in [9.17, 15) is 13.2 Å². The molecule has 2 rings (SSSR count). The van der Waals surface area contributed by atoms with Gasteiger partial charge in [-0.2, -0.15) is 0 Å². The number of nitrogens with one attached hydrogen (secondary N) is 1. The maximum atomic E-state index is 12.2. The van der Waals surface area contributed by atoms with Crippen molar-refractivity contribution in [2.75, 3.05) is 11.6 Å². The van der Waals surface area contributed by atoms with Crippen molar-refractivity contribution in [2.45, 2.75) is 4.90 Å². The van der Waals surface area contributed by atoms with Crippen molar-refractivity contribution in [2.24, 2.45) is 0 Å². The number of rotatable bonds is 3. The molecule has 4 nitrogen and oxygen atoms in total. The van der Waals surface area contributed by atoms with Gasteiger partial charge in [-0.25, -0.2) is 8.42 Å². The van der Waals surface area contributed by atoms with Crippen LogP contribution in [0.5, 0.6) is 0 Å². The number of carbonyl (C=O) groups is 1. The highest BCUT2D eigenvalue weighted by Gasteiger charge is 2.16. The molecule has 20 heavy (non-hydrogen) atoms. The van der Waals surface area contributed by atoms with E-state index in [1.165, 1.54) is 6.07 Å². The second-order valence-electron chi connectivity index (χ2n) is 4.20. The van der Waals surface area contributed by atoms with E-state index in [0.717, 1.165) is 9.83 Å². The summed E-state index contributed by atoms with van der Waals surface area (Å²) in [6.07, 6.45) is 1.12. The highest BCUT2D eigenvalue weighted by atomic mass is 127. The number of sulfone groups is 1. The SMILES string of the molecule is CS(=O)(=O)c1ccccc1NC(=O)c1ccccc1I. The molecule has 0 aliphatic rings. The molecule has 2 aromatic carbocycles. The smallest absolute Gasteiger partial charge is 0.256 e. The molecule has 6 heteroatoms. The third kappa shape index (κ3) is 3.37. The summed E-state index contributed by atoms with van der Waals surface area (Å²) in [6.45, 7) is 0. The van der Waals surface area contributed by atoms with E-state index in [1.54, 1.807) is 30.3 Å². The van der Waals surface area contributed by atoms with Crippen LogP contribution in [0.3, 0.4) is 0 Å². The summed E-state index contributed by atoms with van der Waals surface area (Å²) >= 11 is 2.06. The zero-order chi connectivity index (χ0) is 14.8. The molecule has 0 spiro atoms. The highest BCUT2D eigenvalue weighted by molar-refractivity contribution is 14.1. The maximum absolute atomic E-state index is 12.2. The first kappa shape index (κ1) is 15.0. The predicted molar refractivity (Wildman–Crippen MR) is 86.7 cm³/mol. The van der Waals surface area contributed by atoms with Crippen LogP contribution in [0.1, 0.15) is 10.4 Å². The van der Waals surface area contributed by atoms with Crippen LogP contribution in [0.15, 0.2) is 53.4 Å². The second-order valence-corrected chi connectivity index (χ2v) is 7.35. The third-order valence-electron chi connectivity index (χ3n) is 2.65. The first-order valence-corrected chi connectivity index (χ1v) is 8.71. The molecule has 0 aliphatic carbocycles. The summed E-state index contributed by atoms with van der Waals surface area (Å²) < 4.78 is 24.2. The largest absolute Gasteiger partial charge is 0.321 e. The van der Waals surface area contributed by atoms with Gasteiger partial charge >= 0.3 is 0 Å². The van der Waals surface area contributed by atoms with Gasteiger partial charge in [0.1, 0.15) is 0 Å². The van der Waals surface area contributed by atoms with Crippen LogP contribution in [0.25, 0.3) is 0 Å². The third-order valence-corrected chi connectivity index (χ3v) is 4.75. The Kier molecular flexibility index (Phi) is 4.44. The molecule has 1 amide bonds. The lowest BCUT2D eigenvalue weighted by Gasteiger charge is -2.10. The van der Waals surface area contributed by atoms with Crippen molar-refractivity contribution >= 4 is 44.0 Å². The van der Waals surface area contributed by atoms with Crippen LogP contribution >= 0.6 is 22.6 Å². The number of hydrogen-bond acceptors (Lipinski definition) is 3. The van der Waals surface area contributed by atoms with Crippen molar-refractivity contribution in [3.05, 3.63) is 57.7 Å². The van der Waals surface area contributed by atoms with Gasteiger partial charge in [-0.3, -0.25) is 4.79 Å². The Labute approximate surface area is 131 Å². The fourth-order valence-corrected chi connectivity index (χ4v) is 3.20. The number of carbonyl (C=O) groups excluding carboxylic acids is 1. The topological polar surface area (TPSA) is 63.2 Å². The molecule has 0 bridgehead atoms. The number of halogens is 1. The molecule has 104 valence electrons. The molecule has 0 radical (unpaired) electrons. The minimum Gasteiger partial charge on any atom is -0.321 e. The van der Waals surface area contributed by atoms with E-state index in [-0.39, 0.29) is 10.8 Å². The van der Waals surface area contributed by atoms with E-state index in [4.69, 9.17) is 0 Å². The van der Waals surface area contributed by atoms with Crippen molar-refractivity contribution in [3.63, 3.8) is 0 Å². The van der Waals surface area contributed by atoms with Crippen molar-refractivity contribution in [1.82, 2.24) is 0 Å². The van der Waals surface area contributed by atoms with Gasteiger partial charge in [0, 0.05) is 9.83 Å². The van der Waals surface area contributed by atoms with E-state index >= 15 is 0 Å². The lowest BCUT2D eigenvalue weighted by Crippen LogP contribution is -2.15. The number of para-hydroxylation sites is 1. The van der Waals surface area contributed by atoms with Crippen LogP contribution in [-0.4, -0.2) is 20.6 Å². The van der Waals surface area contributed by atoms with Crippen LogP contribution in [0.2, 0.25) is 0 Å². The molecule has 0 unspecified atom stereocenters. The molecule has 0 atom stereocenters. The Bertz CT molecular complexity index is 757. The fraction of sp³-hybridized carbons (Fsp3) is 0.0714. The highest BCUT2D eigenvalue weighted by Crippen LogP contribution is 2.22. The molecule has 1 N–H and O–H groups in total. The maximum Gasteiger partial charge on any atom is 0.256 e. The van der Waals surface area contributed by atoms with E-state index in [1.807, 2.05) is 12.1 Å². The van der Waals surface area contributed by atoms with Gasteiger partial charge in [-0.05, 0) is 46.9 Å². The molecule has 2 aromatic rings. The molecular formula is C14H12INO3S. The zero-order valence-corrected chi connectivity index (χ0v) is 13.6. The van der Waals surface area contributed by atoms with Gasteiger partial charge in [0.05, 0.1) is 16.1 Å². The molecule has 0 fully saturated rings. The van der Waals surface area contributed by atoms with Gasteiger partial charge in [0.25, 0.3) is 5.91 Å². The Morgan fingerprint density at radius 2 is 1.65 bits per heavy atom. The fourth-order valence-electron chi connectivity index (χ4n) is 1.73. The Morgan fingerprint density at radius 3 is 2.30 bits per heavy atom. The van der Waals surface area contributed by atoms with Gasteiger partial charge in [0.15, 0.2) is 9.84 Å². The Balaban J connectivity index is 2.37. The van der Waals surface area contributed by atoms with Crippen molar-refractivity contribution < 1.29 is 13.2 Å². The van der Waals surface area contributed by atoms with Crippen molar-refractivity contribution in [1.29, 1.82) is 0 Å². The zero-order valence-electron chi connectivity index (χ0n) is 10.6. The van der Waals surface area contributed by atoms with Gasteiger partial charge < -0.3 is 5.32 Å². The molecule has 0 heterocycles. The van der Waals surface area contributed by atoms with E-state index in [0.29, 0.717) is 11.3 Å². The minimum absolute atomic E-state index is 0.110. The summed E-state index contributed by atoms with van der Waals surface area (Å²) in [6, 6.07) is 13.5. The second kappa shape index (κ2) is 5.92. The summed E-state index contributed by atoms with van der Waals surface area (Å²) in [5, 5.41) is 2.65. The number of amides is 1. The van der Waals surface area contributed by atoms with Crippen LogP contribution < -0.4 is 5.32 Å². The minimum atomic E-state index is -3.39. The summed E-state index contributed by atoms with van der Waals surface area (Å²) in [4.78, 5) is 12.3. The normalized spacial score (nSPS) is 11.1. The lowest BCUT2D eigenvalue weighted by atomic mass is 10.2. The summed E-state index contributed by atoms with van der Waals surface area (Å²) in [5.74, 6) is -0.328. The van der Waals surface area contributed by atoms with Crippen molar-refractivity contribution in [3.8, 4) is 0 Å². The first-order chi connectivity index (χ1) is 9.39. The molecule has 0 saturated carbocycles. The van der Waals surface area contributed by atoms with Gasteiger partial charge in [0.2, 0.25) is 0 Å². The lowest BCUT2D eigenvalue weighted by molar-refractivity contribution is 0.102. The average Bonchev–Trinajstić information content (AvgIpc) is 2.38. The summed E-state index contributed by atoms with van der Waals surface area (Å²) in [5.41, 5.74) is 0.802.